The molecular formula is C22H20N2O2. The molecular weight excluding hydrogens is 324 g/mol. The zero-order valence-electron chi connectivity index (χ0n) is 14.6. The van der Waals surface area contributed by atoms with E-state index in [0.29, 0.717) is 12.8 Å². The Morgan fingerprint density at radius 1 is 1.15 bits per heavy atom. The number of carbonyl (C=O) groups is 1. The Morgan fingerprint density at radius 3 is 2.88 bits per heavy atom. The number of H-pyrrole nitrogens is 1. The SMILES string of the molecule is CC(OC(=O)CCc1c[nH]c2ccccc12)c1cnc2ccccc2c1. The lowest BCUT2D eigenvalue weighted by Gasteiger charge is -2.14. The summed E-state index contributed by atoms with van der Waals surface area (Å²) in [6.45, 7) is 1.88. The first-order valence-electron chi connectivity index (χ1n) is 8.80. The first-order chi connectivity index (χ1) is 12.7. The summed E-state index contributed by atoms with van der Waals surface area (Å²) >= 11 is 0. The molecule has 4 heteroatoms. The number of hydrogen-bond acceptors (Lipinski definition) is 3. The van der Waals surface area contributed by atoms with E-state index in [0.717, 1.165) is 32.9 Å². The zero-order chi connectivity index (χ0) is 17.9. The molecule has 0 aliphatic carbocycles. The maximum absolute atomic E-state index is 12.3. The number of aromatic nitrogens is 2. The number of ether oxygens (including phenoxy) is 1. The minimum absolute atomic E-state index is 0.198. The van der Waals surface area contributed by atoms with E-state index in [2.05, 4.69) is 16.0 Å². The maximum Gasteiger partial charge on any atom is 0.306 e. The van der Waals surface area contributed by atoms with Crippen LogP contribution in [0.3, 0.4) is 0 Å². The van der Waals surface area contributed by atoms with Crippen molar-refractivity contribution in [2.45, 2.75) is 25.9 Å². The minimum atomic E-state index is -0.317. The number of nitrogens with one attached hydrogen (secondary N) is 1. The van der Waals surface area contributed by atoms with Gasteiger partial charge >= 0.3 is 5.97 Å². The number of fused-ring (bicyclic) bond motifs is 2. The van der Waals surface area contributed by atoms with Crippen LogP contribution in [0.25, 0.3) is 21.8 Å². The quantitative estimate of drug-likeness (QED) is 0.521. The number of para-hydroxylation sites is 2. The highest BCUT2D eigenvalue weighted by Crippen LogP contribution is 2.22. The summed E-state index contributed by atoms with van der Waals surface area (Å²) in [7, 11) is 0. The highest BCUT2D eigenvalue weighted by molar-refractivity contribution is 5.83. The smallest absolute Gasteiger partial charge is 0.306 e. The Bertz CT molecular complexity index is 1070. The molecule has 1 unspecified atom stereocenters. The van der Waals surface area contributed by atoms with E-state index in [1.165, 1.54) is 0 Å². The van der Waals surface area contributed by atoms with Gasteiger partial charge in [-0.25, -0.2) is 0 Å². The van der Waals surface area contributed by atoms with Crippen molar-refractivity contribution >= 4 is 27.8 Å². The van der Waals surface area contributed by atoms with E-state index in [4.69, 9.17) is 4.74 Å². The van der Waals surface area contributed by atoms with Gasteiger partial charge in [0.05, 0.1) is 5.52 Å². The van der Waals surface area contributed by atoms with Gasteiger partial charge in [-0.15, -0.1) is 0 Å². The van der Waals surface area contributed by atoms with Gasteiger partial charge in [-0.3, -0.25) is 9.78 Å². The van der Waals surface area contributed by atoms with Gasteiger partial charge in [-0.1, -0.05) is 36.4 Å². The molecule has 26 heavy (non-hydrogen) atoms. The van der Waals surface area contributed by atoms with Crippen LogP contribution < -0.4 is 0 Å². The van der Waals surface area contributed by atoms with Crippen molar-refractivity contribution in [3.8, 4) is 0 Å². The standard InChI is InChI=1S/C22H20N2O2/c1-15(18-12-16-6-2-4-8-20(16)23-14-18)26-22(25)11-10-17-13-24-21-9-5-3-7-19(17)21/h2-9,12-15,24H,10-11H2,1H3. The number of nitrogens with zero attached hydrogens (tertiary/aromatic N) is 1. The average molecular weight is 344 g/mol. The molecule has 0 radical (unpaired) electrons. The molecule has 130 valence electrons. The molecule has 1 atom stereocenters. The Morgan fingerprint density at radius 2 is 1.96 bits per heavy atom. The summed E-state index contributed by atoms with van der Waals surface area (Å²) in [5.74, 6) is -0.198. The largest absolute Gasteiger partial charge is 0.458 e. The molecule has 0 fully saturated rings. The fraction of sp³-hybridized carbons (Fsp3) is 0.182. The fourth-order valence-electron chi connectivity index (χ4n) is 3.21. The molecule has 0 bridgehead atoms. The van der Waals surface area contributed by atoms with Gasteiger partial charge in [0, 0.05) is 40.7 Å². The van der Waals surface area contributed by atoms with Crippen LogP contribution in [0.5, 0.6) is 0 Å². The second-order valence-electron chi connectivity index (χ2n) is 6.45. The summed E-state index contributed by atoms with van der Waals surface area (Å²) in [5.41, 5.74) is 4.07. The Labute approximate surface area is 151 Å². The van der Waals surface area contributed by atoms with Gasteiger partial charge in [0.25, 0.3) is 0 Å². The van der Waals surface area contributed by atoms with E-state index < -0.39 is 0 Å². The monoisotopic (exact) mass is 344 g/mol. The van der Waals surface area contributed by atoms with Crippen LogP contribution in [0, 0.1) is 0 Å². The van der Waals surface area contributed by atoms with Crippen LogP contribution in [0.4, 0.5) is 0 Å². The van der Waals surface area contributed by atoms with Gasteiger partial charge in [0.2, 0.25) is 0 Å². The van der Waals surface area contributed by atoms with Crippen LogP contribution in [0.15, 0.2) is 67.0 Å². The van der Waals surface area contributed by atoms with Crippen molar-refractivity contribution in [1.82, 2.24) is 9.97 Å². The van der Waals surface area contributed by atoms with Crippen molar-refractivity contribution in [2.75, 3.05) is 0 Å². The number of hydrogen-bond donors (Lipinski definition) is 1. The lowest BCUT2D eigenvalue weighted by atomic mass is 10.1. The Balaban J connectivity index is 1.40. The number of rotatable bonds is 5. The third-order valence-corrected chi connectivity index (χ3v) is 4.66. The molecule has 4 aromatic rings. The van der Waals surface area contributed by atoms with Crippen LogP contribution >= 0.6 is 0 Å². The topological polar surface area (TPSA) is 55.0 Å². The number of carbonyl (C=O) groups excluding carboxylic acids is 1. The number of esters is 1. The zero-order valence-corrected chi connectivity index (χ0v) is 14.6. The Hall–Kier alpha value is -3.14. The summed E-state index contributed by atoms with van der Waals surface area (Å²) in [6.07, 6.45) is 4.44. The minimum Gasteiger partial charge on any atom is -0.458 e. The number of aromatic amines is 1. The molecule has 0 amide bonds. The highest BCUT2D eigenvalue weighted by Gasteiger charge is 2.14. The molecule has 0 saturated carbocycles. The van der Waals surface area contributed by atoms with Gasteiger partial charge in [-0.05, 0) is 37.1 Å². The summed E-state index contributed by atoms with van der Waals surface area (Å²) in [6, 6.07) is 18.0. The molecule has 0 saturated heterocycles. The third-order valence-electron chi connectivity index (χ3n) is 4.66. The normalized spacial score (nSPS) is 12.3. The van der Waals surface area contributed by atoms with Crippen molar-refractivity contribution in [2.24, 2.45) is 0 Å². The van der Waals surface area contributed by atoms with E-state index >= 15 is 0 Å². The first-order valence-corrected chi connectivity index (χ1v) is 8.80. The number of aryl methyl sites for hydroxylation is 1. The predicted molar refractivity (Wildman–Crippen MR) is 103 cm³/mol. The molecule has 0 aliphatic rings. The van der Waals surface area contributed by atoms with Crippen molar-refractivity contribution < 1.29 is 9.53 Å². The van der Waals surface area contributed by atoms with Gasteiger partial charge in [0.15, 0.2) is 0 Å². The molecule has 2 aromatic heterocycles. The van der Waals surface area contributed by atoms with E-state index in [1.54, 1.807) is 6.20 Å². The van der Waals surface area contributed by atoms with Gasteiger partial charge in [-0.2, -0.15) is 0 Å². The lowest BCUT2D eigenvalue weighted by molar-refractivity contribution is -0.148. The predicted octanol–water partition coefficient (Wildman–Crippen LogP) is 4.95. The first kappa shape index (κ1) is 16.3. The maximum atomic E-state index is 12.3. The van der Waals surface area contributed by atoms with E-state index in [1.807, 2.05) is 61.7 Å². The molecule has 4 rings (SSSR count). The summed E-state index contributed by atoms with van der Waals surface area (Å²) in [5, 5.41) is 2.21. The summed E-state index contributed by atoms with van der Waals surface area (Å²) in [4.78, 5) is 19.9. The van der Waals surface area contributed by atoms with E-state index in [9.17, 15) is 4.79 Å². The van der Waals surface area contributed by atoms with Gasteiger partial charge < -0.3 is 9.72 Å². The second-order valence-corrected chi connectivity index (χ2v) is 6.45. The van der Waals surface area contributed by atoms with Crippen LogP contribution in [0.1, 0.15) is 30.6 Å². The van der Waals surface area contributed by atoms with Crippen LogP contribution in [0.2, 0.25) is 0 Å². The van der Waals surface area contributed by atoms with Gasteiger partial charge in [0.1, 0.15) is 6.10 Å². The fourth-order valence-corrected chi connectivity index (χ4v) is 3.21. The molecule has 2 heterocycles. The average Bonchev–Trinajstić information content (AvgIpc) is 3.09. The van der Waals surface area contributed by atoms with Crippen molar-refractivity contribution in [3.05, 3.63) is 78.1 Å². The lowest BCUT2D eigenvalue weighted by Crippen LogP contribution is -2.10. The Kier molecular flexibility index (Phi) is 4.40. The number of benzene rings is 2. The van der Waals surface area contributed by atoms with Crippen LogP contribution in [-0.4, -0.2) is 15.9 Å². The van der Waals surface area contributed by atoms with Crippen molar-refractivity contribution in [1.29, 1.82) is 0 Å². The molecule has 0 aliphatic heterocycles. The van der Waals surface area contributed by atoms with Crippen LogP contribution in [-0.2, 0) is 16.0 Å². The van der Waals surface area contributed by atoms with E-state index in [-0.39, 0.29) is 12.1 Å². The molecule has 0 spiro atoms. The number of pyridine rings is 1. The highest BCUT2D eigenvalue weighted by atomic mass is 16.5. The molecule has 4 nitrogen and oxygen atoms in total. The summed E-state index contributed by atoms with van der Waals surface area (Å²) < 4.78 is 5.61. The van der Waals surface area contributed by atoms with Crippen molar-refractivity contribution in [3.63, 3.8) is 0 Å². The molecule has 1 N–H and O–H groups in total. The second kappa shape index (κ2) is 7.00. The molecule has 2 aromatic carbocycles. The third kappa shape index (κ3) is 3.31.